The summed E-state index contributed by atoms with van der Waals surface area (Å²) in [6.07, 6.45) is -3.11. The Morgan fingerprint density at radius 2 is 1.90 bits per heavy atom. The van der Waals surface area contributed by atoms with Gasteiger partial charge in [-0.2, -0.15) is 17.5 Å². The highest BCUT2D eigenvalue weighted by molar-refractivity contribution is 7.89. The van der Waals surface area contributed by atoms with Gasteiger partial charge in [0.1, 0.15) is 11.4 Å². The van der Waals surface area contributed by atoms with E-state index in [1.807, 2.05) is 0 Å². The fourth-order valence-corrected chi connectivity index (χ4v) is 4.08. The van der Waals surface area contributed by atoms with E-state index in [9.17, 15) is 21.6 Å². The maximum atomic E-state index is 12.8. The van der Waals surface area contributed by atoms with Crippen LogP contribution in [0.3, 0.4) is 0 Å². The van der Waals surface area contributed by atoms with Gasteiger partial charge in [0.15, 0.2) is 0 Å². The number of nitrogens with two attached hydrogens (primary N) is 1. The Balaban J connectivity index is 2.41. The average molecular weight is 322 g/mol. The molecule has 1 aliphatic carbocycles. The first kappa shape index (κ1) is 16.1. The Hall–Kier alpha value is -1.28. The van der Waals surface area contributed by atoms with Crippen molar-refractivity contribution in [2.75, 3.05) is 12.3 Å². The molecule has 8 heteroatoms. The van der Waals surface area contributed by atoms with Crippen LogP contribution in [-0.4, -0.2) is 31.5 Å². The van der Waals surface area contributed by atoms with E-state index >= 15 is 0 Å². The molecular formula is C13H17F3N2O2S. The lowest BCUT2D eigenvalue weighted by molar-refractivity contribution is -0.139. The SMILES string of the molecule is CC(C1CC1)N(CC(F)(F)F)S(=O)(=O)c1ccccc1N. The molecule has 0 aromatic heterocycles. The van der Waals surface area contributed by atoms with E-state index in [-0.39, 0.29) is 16.5 Å². The molecule has 4 nitrogen and oxygen atoms in total. The lowest BCUT2D eigenvalue weighted by Gasteiger charge is -2.29. The molecule has 0 aliphatic heterocycles. The van der Waals surface area contributed by atoms with Crippen molar-refractivity contribution in [2.24, 2.45) is 5.92 Å². The number of para-hydroxylation sites is 1. The van der Waals surface area contributed by atoms with Crippen LogP contribution in [0.15, 0.2) is 29.2 Å². The summed E-state index contributed by atoms with van der Waals surface area (Å²) in [5, 5.41) is 0. The lowest BCUT2D eigenvalue weighted by atomic mass is 10.2. The first-order valence-electron chi connectivity index (χ1n) is 6.56. The van der Waals surface area contributed by atoms with Gasteiger partial charge in [-0.25, -0.2) is 8.42 Å². The number of hydrogen-bond acceptors (Lipinski definition) is 3. The van der Waals surface area contributed by atoms with E-state index in [2.05, 4.69) is 0 Å². The van der Waals surface area contributed by atoms with Crippen LogP contribution < -0.4 is 5.73 Å². The molecule has 0 spiro atoms. The second kappa shape index (κ2) is 5.49. The van der Waals surface area contributed by atoms with Crippen molar-refractivity contribution >= 4 is 15.7 Å². The monoisotopic (exact) mass is 322 g/mol. The number of halogens is 3. The Labute approximate surface area is 121 Å². The third-order valence-corrected chi connectivity index (χ3v) is 5.61. The number of sulfonamides is 1. The number of benzene rings is 1. The maximum Gasteiger partial charge on any atom is 0.402 e. The molecule has 1 saturated carbocycles. The van der Waals surface area contributed by atoms with Gasteiger partial charge in [0.05, 0.1) is 5.69 Å². The first-order valence-corrected chi connectivity index (χ1v) is 8.00. The summed E-state index contributed by atoms with van der Waals surface area (Å²) in [4.78, 5) is -0.276. The van der Waals surface area contributed by atoms with Crippen molar-refractivity contribution in [1.82, 2.24) is 4.31 Å². The molecule has 1 aromatic carbocycles. The van der Waals surface area contributed by atoms with E-state index in [1.54, 1.807) is 0 Å². The molecule has 1 aromatic rings. The summed E-state index contributed by atoms with van der Waals surface area (Å²) in [7, 11) is -4.28. The summed E-state index contributed by atoms with van der Waals surface area (Å²) < 4.78 is 63.9. The third-order valence-electron chi connectivity index (χ3n) is 3.60. The normalized spacial score (nSPS) is 18.0. The van der Waals surface area contributed by atoms with Gasteiger partial charge in [0.2, 0.25) is 10.0 Å². The standard InChI is InChI=1S/C13H17F3N2O2S/c1-9(10-6-7-10)18(8-13(14,15)16)21(19,20)12-5-3-2-4-11(12)17/h2-5,9-10H,6-8,17H2,1H3. The van der Waals surface area contributed by atoms with Crippen molar-refractivity contribution in [3.8, 4) is 0 Å². The molecule has 2 rings (SSSR count). The molecule has 0 heterocycles. The maximum absolute atomic E-state index is 12.8. The highest BCUT2D eigenvalue weighted by atomic mass is 32.2. The van der Waals surface area contributed by atoms with Gasteiger partial charge in [0.25, 0.3) is 0 Å². The van der Waals surface area contributed by atoms with Crippen LogP contribution in [-0.2, 0) is 10.0 Å². The molecule has 1 atom stereocenters. The Morgan fingerprint density at radius 3 is 2.38 bits per heavy atom. The molecule has 1 aliphatic rings. The number of nitrogen functional groups attached to an aromatic ring is 1. The molecule has 118 valence electrons. The minimum Gasteiger partial charge on any atom is -0.398 e. The van der Waals surface area contributed by atoms with Gasteiger partial charge < -0.3 is 5.73 Å². The van der Waals surface area contributed by atoms with Crippen LogP contribution in [0.4, 0.5) is 18.9 Å². The molecule has 0 amide bonds. The molecule has 1 unspecified atom stereocenters. The lowest BCUT2D eigenvalue weighted by Crippen LogP contribution is -2.45. The molecule has 2 N–H and O–H groups in total. The van der Waals surface area contributed by atoms with Gasteiger partial charge in [-0.3, -0.25) is 0 Å². The van der Waals surface area contributed by atoms with Crippen LogP contribution in [0.2, 0.25) is 0 Å². The van der Waals surface area contributed by atoms with Crippen molar-refractivity contribution in [3.63, 3.8) is 0 Å². The van der Waals surface area contributed by atoms with E-state index in [0.29, 0.717) is 4.31 Å². The fourth-order valence-electron chi connectivity index (χ4n) is 2.28. The number of alkyl halides is 3. The number of anilines is 1. The zero-order valence-corrected chi connectivity index (χ0v) is 12.3. The van der Waals surface area contributed by atoms with Crippen LogP contribution in [0.1, 0.15) is 19.8 Å². The number of rotatable bonds is 5. The fraction of sp³-hybridized carbons (Fsp3) is 0.538. The van der Waals surface area contributed by atoms with Crippen molar-refractivity contribution < 1.29 is 21.6 Å². The summed E-state index contributed by atoms with van der Waals surface area (Å²) in [5.74, 6) is -0.0212. The van der Waals surface area contributed by atoms with Crippen LogP contribution in [0.25, 0.3) is 0 Å². The largest absolute Gasteiger partial charge is 0.402 e. The van der Waals surface area contributed by atoms with Gasteiger partial charge >= 0.3 is 6.18 Å². The molecule has 1 fully saturated rings. The first-order chi connectivity index (χ1) is 9.63. The Bertz CT molecular complexity index is 612. The van der Waals surface area contributed by atoms with Crippen LogP contribution in [0, 0.1) is 5.92 Å². The van der Waals surface area contributed by atoms with Crippen molar-refractivity contribution in [3.05, 3.63) is 24.3 Å². The second-order valence-corrected chi connectivity index (χ2v) is 7.14. The number of nitrogens with zero attached hydrogens (tertiary/aromatic N) is 1. The minimum absolute atomic E-state index is 0.0212. The van der Waals surface area contributed by atoms with Crippen molar-refractivity contribution in [2.45, 2.75) is 36.9 Å². The average Bonchev–Trinajstić information content (AvgIpc) is 3.18. The second-order valence-electron chi connectivity index (χ2n) is 5.28. The van der Waals surface area contributed by atoms with E-state index in [0.717, 1.165) is 12.8 Å². The summed E-state index contributed by atoms with van der Waals surface area (Å²) in [6.45, 7) is 0.0153. The van der Waals surface area contributed by atoms with E-state index in [1.165, 1.54) is 31.2 Å². The van der Waals surface area contributed by atoms with Crippen molar-refractivity contribution in [1.29, 1.82) is 0 Å². The van der Waals surface area contributed by atoms with E-state index in [4.69, 9.17) is 5.73 Å². The zero-order chi connectivity index (χ0) is 15.8. The van der Waals surface area contributed by atoms with Crippen LogP contribution in [0.5, 0.6) is 0 Å². The molecule has 21 heavy (non-hydrogen) atoms. The molecular weight excluding hydrogens is 305 g/mol. The van der Waals surface area contributed by atoms with Gasteiger partial charge in [-0.1, -0.05) is 12.1 Å². The van der Waals surface area contributed by atoms with Crippen LogP contribution >= 0.6 is 0 Å². The Kier molecular flexibility index (Phi) is 4.21. The zero-order valence-electron chi connectivity index (χ0n) is 11.5. The summed E-state index contributed by atoms with van der Waals surface area (Å²) in [6, 6.07) is 4.87. The summed E-state index contributed by atoms with van der Waals surface area (Å²) >= 11 is 0. The smallest absolute Gasteiger partial charge is 0.398 e. The third kappa shape index (κ3) is 3.68. The minimum atomic E-state index is -4.60. The topological polar surface area (TPSA) is 63.4 Å². The van der Waals surface area contributed by atoms with Gasteiger partial charge in [-0.05, 0) is 37.8 Å². The highest BCUT2D eigenvalue weighted by Crippen LogP contribution is 2.38. The summed E-state index contributed by atoms with van der Waals surface area (Å²) in [5.41, 5.74) is 5.56. The van der Waals surface area contributed by atoms with E-state index < -0.39 is 28.8 Å². The van der Waals surface area contributed by atoms with Gasteiger partial charge in [0, 0.05) is 6.04 Å². The predicted molar refractivity (Wildman–Crippen MR) is 73.0 cm³/mol. The molecule has 0 saturated heterocycles. The number of hydrogen-bond donors (Lipinski definition) is 1. The molecule has 0 radical (unpaired) electrons. The highest BCUT2D eigenvalue weighted by Gasteiger charge is 2.44. The molecule has 0 bridgehead atoms. The van der Waals surface area contributed by atoms with Gasteiger partial charge in [-0.15, -0.1) is 0 Å². The quantitative estimate of drug-likeness (QED) is 0.848. The predicted octanol–water partition coefficient (Wildman–Crippen LogP) is 2.62. The Morgan fingerprint density at radius 1 is 1.33 bits per heavy atom.